The summed E-state index contributed by atoms with van der Waals surface area (Å²) in [4.78, 5) is 11.8. The predicted molar refractivity (Wildman–Crippen MR) is 182 cm³/mol. The van der Waals surface area contributed by atoms with E-state index in [0.717, 1.165) is 82.8 Å². The van der Waals surface area contributed by atoms with Crippen LogP contribution in [0.1, 0.15) is 168 Å². The molecule has 0 aromatic rings. The normalized spacial score (nSPS) is 26.1. The molecule has 0 radical (unpaired) electrons. The van der Waals surface area contributed by atoms with Crippen LogP contribution in [0.5, 0.6) is 0 Å². The number of hydrogen-bond donors (Lipinski definition) is 3. The summed E-state index contributed by atoms with van der Waals surface area (Å²) in [5.74, 6) is -0.304. The van der Waals surface area contributed by atoms with Gasteiger partial charge in [0.05, 0.1) is 41.9 Å². The quantitative estimate of drug-likeness (QED) is 0.0296. The molecule has 0 saturated carbocycles. The molecule has 0 unspecified atom stereocenters. The fourth-order valence-corrected chi connectivity index (χ4v) is 7.23. The molecule has 0 aliphatic carbocycles. The van der Waals surface area contributed by atoms with E-state index in [4.69, 9.17) is 14.2 Å². The maximum absolute atomic E-state index is 11.8. The van der Waals surface area contributed by atoms with Gasteiger partial charge in [-0.05, 0) is 70.8 Å². The van der Waals surface area contributed by atoms with Crippen LogP contribution in [0, 0.1) is 0 Å². The summed E-state index contributed by atoms with van der Waals surface area (Å²) in [7, 11) is 0. The highest BCUT2D eigenvalue weighted by molar-refractivity contribution is 5.99. The molecule has 3 aliphatic rings. The van der Waals surface area contributed by atoms with Crippen molar-refractivity contribution in [1.82, 2.24) is 0 Å². The first kappa shape index (κ1) is 38.5. The molecular formula is C37H64N2O7. The second-order valence-electron chi connectivity index (χ2n) is 13.9. The van der Waals surface area contributed by atoms with Crippen LogP contribution in [0.2, 0.25) is 0 Å². The molecular weight excluding hydrogens is 584 g/mol. The SMILES string of the molecule is CCCCCCCCCC/C(=N\O)[C@H]1CC[C@@H]([C@@H]2CC[C@H]([C@H](O)CCCCCCCCCC/C(CC3=C[C@H](C)OC3=O)=N\O)O2)O1. The lowest BCUT2D eigenvalue weighted by Gasteiger charge is -2.23. The summed E-state index contributed by atoms with van der Waals surface area (Å²) < 4.78 is 17.7. The third-order valence-electron chi connectivity index (χ3n) is 10.0. The Balaban J connectivity index is 1.17. The van der Waals surface area contributed by atoms with Crippen LogP contribution < -0.4 is 0 Å². The summed E-state index contributed by atoms with van der Waals surface area (Å²) in [6, 6.07) is 0. The van der Waals surface area contributed by atoms with E-state index in [1.165, 1.54) is 64.2 Å². The van der Waals surface area contributed by atoms with Gasteiger partial charge in [0, 0.05) is 12.0 Å². The molecule has 0 amide bonds. The molecule has 9 nitrogen and oxygen atoms in total. The molecule has 6 atom stereocenters. The molecule has 3 heterocycles. The van der Waals surface area contributed by atoms with E-state index in [9.17, 15) is 20.3 Å². The molecule has 0 aromatic carbocycles. The summed E-state index contributed by atoms with van der Waals surface area (Å²) in [5, 5.41) is 36.7. The number of ether oxygens (including phenoxy) is 3. The lowest BCUT2D eigenvalue weighted by molar-refractivity contribution is -0.139. The van der Waals surface area contributed by atoms with Gasteiger partial charge in [0.1, 0.15) is 6.10 Å². The molecule has 3 aliphatic heterocycles. The van der Waals surface area contributed by atoms with Crippen LogP contribution in [0.3, 0.4) is 0 Å². The highest BCUT2D eigenvalue weighted by atomic mass is 16.6. The minimum absolute atomic E-state index is 0.0207. The van der Waals surface area contributed by atoms with Gasteiger partial charge in [-0.25, -0.2) is 4.79 Å². The van der Waals surface area contributed by atoms with Gasteiger partial charge in [0.25, 0.3) is 0 Å². The zero-order chi connectivity index (χ0) is 33.0. The average molecular weight is 649 g/mol. The second kappa shape index (κ2) is 22.6. The number of unbranched alkanes of at least 4 members (excludes halogenated alkanes) is 14. The van der Waals surface area contributed by atoms with Crippen LogP contribution in [-0.4, -0.2) is 69.5 Å². The molecule has 264 valence electrons. The van der Waals surface area contributed by atoms with E-state index < -0.39 is 6.10 Å². The van der Waals surface area contributed by atoms with E-state index in [2.05, 4.69) is 17.2 Å². The molecule has 46 heavy (non-hydrogen) atoms. The van der Waals surface area contributed by atoms with Gasteiger partial charge in [0.15, 0.2) is 0 Å². The van der Waals surface area contributed by atoms with Crippen LogP contribution in [0.15, 0.2) is 22.0 Å². The van der Waals surface area contributed by atoms with Crippen molar-refractivity contribution in [1.29, 1.82) is 0 Å². The lowest BCUT2D eigenvalue weighted by Crippen LogP contribution is -2.32. The summed E-state index contributed by atoms with van der Waals surface area (Å²) in [6.07, 6.45) is 26.1. The Morgan fingerprint density at radius 1 is 0.783 bits per heavy atom. The van der Waals surface area contributed by atoms with Crippen LogP contribution >= 0.6 is 0 Å². The fraction of sp³-hybridized carbons (Fsp3) is 0.865. The Morgan fingerprint density at radius 3 is 1.98 bits per heavy atom. The van der Waals surface area contributed by atoms with E-state index in [-0.39, 0.29) is 36.5 Å². The zero-order valence-corrected chi connectivity index (χ0v) is 28.9. The van der Waals surface area contributed by atoms with Gasteiger partial charge in [0.2, 0.25) is 0 Å². The fourth-order valence-electron chi connectivity index (χ4n) is 7.23. The Hall–Kier alpha value is -1.97. The smallest absolute Gasteiger partial charge is 0.334 e. The van der Waals surface area contributed by atoms with Gasteiger partial charge in [-0.15, -0.1) is 0 Å². The summed E-state index contributed by atoms with van der Waals surface area (Å²) >= 11 is 0. The molecule has 9 heteroatoms. The van der Waals surface area contributed by atoms with Gasteiger partial charge in [-0.3, -0.25) is 0 Å². The molecule has 0 aromatic heterocycles. The Bertz CT molecular complexity index is 952. The Kier molecular flexibility index (Phi) is 18.9. The van der Waals surface area contributed by atoms with E-state index in [1.54, 1.807) is 6.08 Å². The Labute approximate surface area is 278 Å². The maximum atomic E-state index is 11.8. The number of aliphatic hydroxyl groups excluding tert-OH is 1. The predicted octanol–water partition coefficient (Wildman–Crippen LogP) is 8.80. The van der Waals surface area contributed by atoms with Gasteiger partial charge in [-0.2, -0.15) is 0 Å². The minimum atomic E-state index is -0.425. The Morgan fingerprint density at radius 2 is 1.37 bits per heavy atom. The number of carbonyl (C=O) groups is 1. The maximum Gasteiger partial charge on any atom is 0.334 e. The number of nitrogens with zero attached hydrogens (tertiary/aromatic N) is 2. The molecule has 2 fully saturated rings. The molecule has 0 bridgehead atoms. The van der Waals surface area contributed by atoms with Gasteiger partial charge in [-0.1, -0.05) is 107 Å². The number of hydrogen-bond acceptors (Lipinski definition) is 9. The van der Waals surface area contributed by atoms with Crippen molar-refractivity contribution in [3.63, 3.8) is 0 Å². The molecule has 3 rings (SSSR count). The zero-order valence-electron chi connectivity index (χ0n) is 28.9. The highest BCUT2D eigenvalue weighted by Crippen LogP contribution is 2.34. The first-order valence-electron chi connectivity index (χ1n) is 18.8. The topological polar surface area (TPSA) is 130 Å². The summed E-state index contributed by atoms with van der Waals surface area (Å²) in [6.45, 7) is 4.07. The summed E-state index contributed by atoms with van der Waals surface area (Å²) in [5.41, 5.74) is 2.02. The average Bonchev–Trinajstić information content (AvgIpc) is 3.81. The molecule has 3 N–H and O–H groups in total. The number of oxime groups is 2. The van der Waals surface area contributed by atoms with Gasteiger partial charge < -0.3 is 29.7 Å². The van der Waals surface area contributed by atoms with Crippen molar-refractivity contribution in [2.45, 2.75) is 205 Å². The van der Waals surface area contributed by atoms with Gasteiger partial charge >= 0.3 is 5.97 Å². The first-order valence-corrected chi connectivity index (χ1v) is 18.8. The number of esters is 1. The van der Waals surface area contributed by atoms with Crippen LogP contribution in [-0.2, 0) is 19.0 Å². The number of aliphatic hydroxyl groups is 1. The monoisotopic (exact) mass is 648 g/mol. The third-order valence-corrected chi connectivity index (χ3v) is 10.0. The van der Waals surface area contributed by atoms with Crippen molar-refractivity contribution < 1.29 is 34.5 Å². The van der Waals surface area contributed by atoms with Crippen LogP contribution in [0.25, 0.3) is 0 Å². The lowest BCUT2D eigenvalue weighted by atomic mass is 10.00. The van der Waals surface area contributed by atoms with Crippen molar-refractivity contribution in [2.75, 3.05) is 0 Å². The largest absolute Gasteiger partial charge is 0.455 e. The van der Waals surface area contributed by atoms with Crippen molar-refractivity contribution in [2.24, 2.45) is 10.3 Å². The van der Waals surface area contributed by atoms with Crippen molar-refractivity contribution >= 4 is 17.4 Å². The second-order valence-corrected chi connectivity index (χ2v) is 13.9. The number of rotatable bonds is 25. The number of cyclic esters (lactones) is 1. The van der Waals surface area contributed by atoms with E-state index in [1.807, 2.05) is 6.92 Å². The third kappa shape index (κ3) is 14.0. The standard InChI is InChI=1S/C37H64N2O7/c1-3-4-5-6-7-11-14-17-20-31(39-43)33-22-24-35(45-33)36-25-23-34(46-36)32(40)21-18-15-12-9-8-10-13-16-19-30(38-42)27-29-26-28(2)44-37(29)41/h26,28,32-36,40,42-43H,3-25,27H2,1-2H3/b38-30+,39-31+/t28-,32+,33+,34+,35-,36-/m0/s1. The number of carbonyl (C=O) groups excluding carboxylic acids is 1. The molecule has 2 saturated heterocycles. The van der Waals surface area contributed by atoms with Crippen LogP contribution in [0.4, 0.5) is 0 Å². The van der Waals surface area contributed by atoms with E-state index >= 15 is 0 Å². The minimum Gasteiger partial charge on any atom is -0.455 e. The van der Waals surface area contributed by atoms with E-state index in [0.29, 0.717) is 24.1 Å². The first-order chi connectivity index (χ1) is 22.4. The highest BCUT2D eigenvalue weighted by Gasteiger charge is 2.40. The van der Waals surface area contributed by atoms with Crippen molar-refractivity contribution in [3.8, 4) is 0 Å². The van der Waals surface area contributed by atoms with Crippen molar-refractivity contribution in [3.05, 3.63) is 11.6 Å². The molecule has 0 spiro atoms.